The van der Waals surface area contributed by atoms with Gasteiger partial charge in [0.1, 0.15) is 0 Å². The Balaban J connectivity index is 1.58. The number of halogens is 2. The van der Waals surface area contributed by atoms with E-state index < -0.39 is 39.5 Å². The number of hydrogen-bond acceptors (Lipinski definition) is 7. The smallest absolute Gasteiger partial charge is 0.306 e. The summed E-state index contributed by atoms with van der Waals surface area (Å²) in [7, 11) is 0. The monoisotopic (exact) mass is 525 g/mol. The summed E-state index contributed by atoms with van der Waals surface area (Å²) in [5.41, 5.74) is 0.0498. The molecule has 0 aliphatic rings. The minimum Gasteiger partial charge on any atom is -0.480 e. The predicted molar refractivity (Wildman–Crippen MR) is 134 cm³/mol. The van der Waals surface area contributed by atoms with E-state index in [0.717, 1.165) is 23.9 Å². The molecule has 1 N–H and O–H groups in total. The van der Waals surface area contributed by atoms with E-state index in [2.05, 4.69) is 15.5 Å². The summed E-state index contributed by atoms with van der Waals surface area (Å²) in [6.45, 7) is 3.34. The van der Waals surface area contributed by atoms with Gasteiger partial charge in [-0.15, -0.1) is 10.2 Å². The van der Waals surface area contributed by atoms with Crippen LogP contribution in [0.4, 0.5) is 20.2 Å². The fourth-order valence-electron chi connectivity index (χ4n) is 3.41. The number of benzene rings is 3. The molecule has 0 aliphatic carbocycles. The molecule has 3 aromatic carbocycles. The van der Waals surface area contributed by atoms with Crippen LogP contribution in [0.3, 0.4) is 0 Å². The van der Waals surface area contributed by atoms with E-state index in [1.807, 2.05) is 30.3 Å². The van der Waals surface area contributed by atoms with Gasteiger partial charge in [-0.2, -0.15) is 4.39 Å². The first-order valence-corrected chi connectivity index (χ1v) is 12.0. The van der Waals surface area contributed by atoms with E-state index in [-0.39, 0.29) is 11.4 Å². The summed E-state index contributed by atoms with van der Waals surface area (Å²) in [4.78, 5) is 23.0. The number of anilines is 1. The first-order chi connectivity index (χ1) is 17.7. The zero-order valence-corrected chi connectivity index (χ0v) is 20.5. The molecule has 1 amide bonds. The van der Waals surface area contributed by atoms with E-state index >= 15 is 0 Å². The predicted octanol–water partition coefficient (Wildman–Crippen LogP) is 5.71. The number of amides is 1. The van der Waals surface area contributed by atoms with Crippen LogP contribution in [0, 0.1) is 21.7 Å². The van der Waals surface area contributed by atoms with Crippen LogP contribution < -0.4 is 10.1 Å². The van der Waals surface area contributed by atoms with E-state index in [9.17, 15) is 23.7 Å². The SMILES string of the molecule is CC(Sc1nnc(C(C)Oc2ccccc2F)n1-c1ccccc1)C(=O)Nc1ccc(F)c([N+](=O)[O-])c1. The molecular weight excluding hydrogens is 504 g/mol. The third-order valence-electron chi connectivity index (χ3n) is 5.24. The fourth-order valence-corrected chi connectivity index (χ4v) is 4.28. The fraction of sp³-hybridized carbons (Fsp3) is 0.160. The molecule has 12 heteroatoms. The minimum atomic E-state index is -0.999. The lowest BCUT2D eigenvalue weighted by Gasteiger charge is -2.18. The number of thioether (sulfide) groups is 1. The van der Waals surface area contributed by atoms with Crippen molar-refractivity contribution >= 4 is 29.0 Å². The molecule has 2 unspecified atom stereocenters. The Morgan fingerprint density at radius 2 is 1.73 bits per heavy atom. The number of ether oxygens (including phenoxy) is 1. The number of nitro benzene ring substituents is 1. The summed E-state index contributed by atoms with van der Waals surface area (Å²) < 4.78 is 35.3. The summed E-state index contributed by atoms with van der Waals surface area (Å²) in [5, 5.41) is 21.7. The largest absolute Gasteiger partial charge is 0.480 e. The van der Waals surface area contributed by atoms with Crippen LogP contribution in [0.25, 0.3) is 5.69 Å². The Morgan fingerprint density at radius 1 is 1.03 bits per heavy atom. The van der Waals surface area contributed by atoms with Gasteiger partial charge in [0.05, 0.1) is 10.2 Å². The molecule has 1 heterocycles. The summed E-state index contributed by atoms with van der Waals surface area (Å²) in [6.07, 6.45) is -0.692. The van der Waals surface area contributed by atoms with Crippen LogP contribution in [0.2, 0.25) is 0 Å². The molecule has 37 heavy (non-hydrogen) atoms. The van der Waals surface area contributed by atoms with Crippen molar-refractivity contribution in [2.45, 2.75) is 30.4 Å². The molecule has 190 valence electrons. The van der Waals surface area contributed by atoms with Gasteiger partial charge in [-0.25, -0.2) is 4.39 Å². The van der Waals surface area contributed by atoms with Gasteiger partial charge in [-0.1, -0.05) is 42.1 Å². The normalized spacial score (nSPS) is 12.5. The molecule has 0 aliphatic heterocycles. The van der Waals surface area contributed by atoms with Crippen LogP contribution >= 0.6 is 11.8 Å². The Kier molecular flexibility index (Phi) is 7.77. The van der Waals surface area contributed by atoms with Crippen LogP contribution in [0.1, 0.15) is 25.8 Å². The third-order valence-corrected chi connectivity index (χ3v) is 6.28. The highest BCUT2D eigenvalue weighted by atomic mass is 32.2. The van der Waals surface area contributed by atoms with Crippen molar-refractivity contribution in [3.8, 4) is 11.4 Å². The Labute approximate surface area is 214 Å². The molecule has 0 spiro atoms. The van der Waals surface area contributed by atoms with E-state index in [0.29, 0.717) is 16.7 Å². The van der Waals surface area contributed by atoms with Crippen molar-refractivity contribution in [2.75, 3.05) is 5.32 Å². The van der Waals surface area contributed by atoms with Crippen LogP contribution in [0.15, 0.2) is 78.0 Å². The first-order valence-electron chi connectivity index (χ1n) is 11.1. The van der Waals surface area contributed by atoms with Gasteiger partial charge in [-0.3, -0.25) is 19.5 Å². The van der Waals surface area contributed by atoms with Crippen molar-refractivity contribution in [1.82, 2.24) is 14.8 Å². The second kappa shape index (κ2) is 11.2. The van der Waals surface area contributed by atoms with Crippen molar-refractivity contribution in [1.29, 1.82) is 0 Å². The van der Waals surface area contributed by atoms with Crippen molar-refractivity contribution in [2.24, 2.45) is 0 Å². The molecule has 4 aromatic rings. The number of aromatic nitrogens is 3. The molecule has 0 radical (unpaired) electrons. The highest BCUT2D eigenvalue weighted by Crippen LogP contribution is 2.31. The van der Waals surface area contributed by atoms with E-state index in [1.54, 1.807) is 30.5 Å². The number of rotatable bonds is 9. The molecule has 0 fully saturated rings. The highest BCUT2D eigenvalue weighted by molar-refractivity contribution is 8.00. The zero-order valence-electron chi connectivity index (χ0n) is 19.7. The lowest BCUT2D eigenvalue weighted by atomic mass is 10.2. The Bertz CT molecular complexity index is 1430. The number of carbonyl (C=O) groups excluding carboxylic acids is 1. The molecular formula is C25H21F2N5O4S. The number of para-hydroxylation sites is 2. The lowest BCUT2D eigenvalue weighted by Crippen LogP contribution is -2.23. The van der Waals surface area contributed by atoms with Crippen LogP contribution in [-0.2, 0) is 4.79 Å². The maximum absolute atomic E-state index is 14.2. The number of nitrogens with zero attached hydrogens (tertiary/aromatic N) is 4. The van der Waals surface area contributed by atoms with E-state index in [1.165, 1.54) is 18.2 Å². The standard InChI is InChI=1S/C25H21F2N5O4S/c1-15(36-22-11-7-6-10-20(22)27)23-29-30-25(31(23)18-8-4-3-5-9-18)37-16(2)24(33)28-17-12-13-19(26)21(14-17)32(34)35/h3-16H,1-2H3,(H,28,33). The van der Waals surface area contributed by atoms with Gasteiger partial charge in [0.2, 0.25) is 11.7 Å². The number of nitrogens with one attached hydrogen (secondary N) is 1. The van der Waals surface area contributed by atoms with Crippen molar-refractivity contribution in [3.63, 3.8) is 0 Å². The van der Waals surface area contributed by atoms with Gasteiger partial charge in [0.25, 0.3) is 0 Å². The summed E-state index contributed by atoms with van der Waals surface area (Å²) in [6, 6.07) is 18.3. The second-order valence-corrected chi connectivity index (χ2v) is 9.18. The Morgan fingerprint density at radius 3 is 2.43 bits per heavy atom. The zero-order chi connectivity index (χ0) is 26.5. The molecule has 0 bridgehead atoms. The number of hydrogen-bond donors (Lipinski definition) is 1. The van der Waals surface area contributed by atoms with E-state index in [4.69, 9.17) is 4.74 Å². The average Bonchev–Trinajstić information content (AvgIpc) is 3.30. The topological polar surface area (TPSA) is 112 Å². The van der Waals surface area contributed by atoms with Crippen LogP contribution in [-0.4, -0.2) is 30.8 Å². The van der Waals surface area contributed by atoms with Gasteiger partial charge in [0, 0.05) is 17.4 Å². The minimum absolute atomic E-state index is 0.0629. The molecule has 0 saturated heterocycles. The second-order valence-electron chi connectivity index (χ2n) is 7.87. The summed E-state index contributed by atoms with van der Waals surface area (Å²) >= 11 is 1.09. The van der Waals surface area contributed by atoms with Crippen LogP contribution in [0.5, 0.6) is 5.75 Å². The van der Waals surface area contributed by atoms with Gasteiger partial charge < -0.3 is 10.1 Å². The van der Waals surface area contributed by atoms with Gasteiger partial charge in [0.15, 0.2) is 28.7 Å². The molecule has 0 saturated carbocycles. The number of nitro groups is 1. The molecule has 2 atom stereocenters. The van der Waals surface area contributed by atoms with Gasteiger partial charge in [-0.05, 0) is 50.2 Å². The molecule has 4 rings (SSSR count). The van der Waals surface area contributed by atoms with Crippen molar-refractivity contribution in [3.05, 3.63) is 100 Å². The molecule has 1 aromatic heterocycles. The maximum Gasteiger partial charge on any atom is 0.306 e. The Hall–Kier alpha value is -4.32. The third kappa shape index (κ3) is 5.92. The first kappa shape index (κ1) is 25.8. The quantitative estimate of drug-likeness (QED) is 0.169. The maximum atomic E-state index is 14.2. The highest BCUT2D eigenvalue weighted by Gasteiger charge is 2.25. The van der Waals surface area contributed by atoms with Gasteiger partial charge >= 0.3 is 5.69 Å². The average molecular weight is 526 g/mol. The van der Waals surface area contributed by atoms with Crippen molar-refractivity contribution < 1.29 is 23.2 Å². The summed E-state index contributed by atoms with van der Waals surface area (Å²) in [5.74, 6) is -1.54. The molecule has 9 nitrogen and oxygen atoms in total. The number of carbonyl (C=O) groups is 1. The lowest BCUT2D eigenvalue weighted by molar-refractivity contribution is -0.387.